The molecular weight excluding hydrogens is 330 g/mol. The van der Waals surface area contributed by atoms with Gasteiger partial charge >= 0.3 is 0 Å². The number of hydrogen-bond donors (Lipinski definition) is 2. The molecule has 2 aliphatic rings. The van der Waals surface area contributed by atoms with Crippen molar-refractivity contribution in [2.24, 2.45) is 27.7 Å². The Morgan fingerprint density at radius 3 is 2.90 bits per heavy atom. The molecule has 0 spiro atoms. The van der Waals surface area contributed by atoms with Crippen molar-refractivity contribution in [2.45, 2.75) is 25.7 Å². The summed E-state index contributed by atoms with van der Waals surface area (Å²) in [6, 6.07) is 2.00. The largest absolute Gasteiger partial charge is 0.346 e. The zero-order valence-corrected chi connectivity index (χ0v) is 13.5. The first kappa shape index (κ1) is 14.5. The van der Waals surface area contributed by atoms with Crippen molar-refractivity contribution < 1.29 is 0 Å². The molecule has 1 aromatic heterocycles. The highest BCUT2D eigenvalue weighted by Crippen LogP contribution is 2.40. The molecular formula is C15H20BrN5. The Balaban J connectivity index is 1.95. The number of hydrazine groups is 1. The molecule has 0 unspecified atom stereocenters. The van der Waals surface area contributed by atoms with E-state index in [0.29, 0.717) is 5.92 Å². The molecule has 0 saturated heterocycles. The maximum absolute atomic E-state index is 6.11. The maximum Gasteiger partial charge on any atom is 0.141 e. The van der Waals surface area contributed by atoms with E-state index in [0.717, 1.165) is 46.9 Å². The number of aromatic nitrogens is 1. The fraction of sp³-hybridized carbons (Fsp3) is 0.467. The van der Waals surface area contributed by atoms with Crippen LogP contribution in [0.3, 0.4) is 0 Å². The maximum atomic E-state index is 6.11. The molecule has 1 fully saturated rings. The minimum Gasteiger partial charge on any atom is -0.346 e. The summed E-state index contributed by atoms with van der Waals surface area (Å²) in [5.74, 6) is 8.15. The molecule has 3 rings (SSSR count). The van der Waals surface area contributed by atoms with Crippen LogP contribution < -0.4 is 5.84 Å². The summed E-state index contributed by atoms with van der Waals surface area (Å²) in [5, 5.41) is 2.65. The van der Waals surface area contributed by atoms with Crippen molar-refractivity contribution in [3.05, 3.63) is 23.5 Å². The molecule has 0 bridgehead atoms. The number of alkyl halides is 1. The van der Waals surface area contributed by atoms with Crippen LogP contribution in [0.2, 0.25) is 0 Å². The van der Waals surface area contributed by atoms with Gasteiger partial charge in [-0.1, -0.05) is 15.9 Å². The first-order valence-corrected chi connectivity index (χ1v) is 8.39. The van der Waals surface area contributed by atoms with Crippen molar-refractivity contribution >= 4 is 40.5 Å². The van der Waals surface area contributed by atoms with E-state index in [2.05, 4.69) is 37.6 Å². The van der Waals surface area contributed by atoms with Crippen LogP contribution in [0, 0.1) is 11.8 Å². The number of aromatic amines is 1. The molecule has 0 atom stereocenters. The number of aliphatic imine (C=N–C) groups is 2. The minimum absolute atomic E-state index is 0.424. The average molecular weight is 350 g/mol. The van der Waals surface area contributed by atoms with Crippen molar-refractivity contribution in [1.29, 1.82) is 0 Å². The second-order valence-corrected chi connectivity index (χ2v) is 6.30. The molecule has 0 aromatic carbocycles. The van der Waals surface area contributed by atoms with Gasteiger partial charge in [-0.3, -0.25) is 10.0 Å². The molecule has 21 heavy (non-hydrogen) atoms. The van der Waals surface area contributed by atoms with E-state index in [1.165, 1.54) is 12.8 Å². The van der Waals surface area contributed by atoms with Crippen LogP contribution in [0.1, 0.15) is 31.2 Å². The Kier molecular flexibility index (Phi) is 4.26. The van der Waals surface area contributed by atoms with Gasteiger partial charge in [-0.05, 0) is 44.4 Å². The summed E-state index contributed by atoms with van der Waals surface area (Å²) in [7, 11) is 0. The van der Waals surface area contributed by atoms with Crippen LogP contribution in [0.4, 0.5) is 5.82 Å². The zero-order chi connectivity index (χ0) is 14.8. The molecule has 0 amide bonds. The molecule has 112 valence electrons. The predicted octanol–water partition coefficient (Wildman–Crippen LogP) is 3.43. The summed E-state index contributed by atoms with van der Waals surface area (Å²) in [6.07, 6.45) is 8.23. The lowest BCUT2D eigenvalue weighted by molar-refractivity contribution is 0.323. The van der Waals surface area contributed by atoms with Gasteiger partial charge in [-0.15, -0.1) is 0 Å². The van der Waals surface area contributed by atoms with Crippen molar-refractivity contribution in [1.82, 2.24) is 9.99 Å². The third-order valence-corrected chi connectivity index (χ3v) is 5.33. The standard InChI is InChI=1S/C15H20BrN5/c1-18-13(11-4-2-10(8-16)3-5-11)14-12-6-7-19-15(12)20-9-21(14)17/h6-7,9-11,19H,1-5,8,17H2/b14-13-. The predicted molar refractivity (Wildman–Crippen MR) is 90.7 cm³/mol. The first-order valence-electron chi connectivity index (χ1n) is 7.27. The van der Waals surface area contributed by atoms with E-state index in [9.17, 15) is 0 Å². The number of H-pyrrole nitrogens is 1. The summed E-state index contributed by atoms with van der Waals surface area (Å²) < 4.78 is 0. The molecule has 2 heterocycles. The smallest absolute Gasteiger partial charge is 0.141 e. The van der Waals surface area contributed by atoms with Gasteiger partial charge in [0.2, 0.25) is 0 Å². The molecule has 3 N–H and O–H groups in total. The SMILES string of the molecule is C=N/C(=C1/c2cc[nH]c2N=CN1N)C1CCC(CBr)CC1. The molecule has 6 heteroatoms. The van der Waals surface area contributed by atoms with Gasteiger partial charge in [0.1, 0.15) is 12.2 Å². The van der Waals surface area contributed by atoms with E-state index < -0.39 is 0 Å². The normalized spacial score (nSPS) is 27.4. The monoisotopic (exact) mass is 349 g/mol. The number of hydrogen-bond acceptors (Lipinski definition) is 4. The van der Waals surface area contributed by atoms with Gasteiger partial charge in [0.25, 0.3) is 0 Å². The van der Waals surface area contributed by atoms with Crippen LogP contribution in [0.25, 0.3) is 5.70 Å². The third kappa shape index (κ3) is 2.70. The van der Waals surface area contributed by atoms with Gasteiger partial charge < -0.3 is 4.98 Å². The summed E-state index contributed by atoms with van der Waals surface area (Å²) >= 11 is 3.59. The number of fused-ring (bicyclic) bond motifs is 1. The van der Waals surface area contributed by atoms with Crippen LogP contribution in [-0.2, 0) is 0 Å². The van der Waals surface area contributed by atoms with Crippen molar-refractivity contribution in [3.8, 4) is 0 Å². The fourth-order valence-electron chi connectivity index (χ4n) is 3.23. The number of allylic oxidation sites excluding steroid dienone is 1. The van der Waals surface area contributed by atoms with Crippen molar-refractivity contribution in [2.75, 3.05) is 5.33 Å². The highest BCUT2D eigenvalue weighted by molar-refractivity contribution is 9.09. The van der Waals surface area contributed by atoms with E-state index in [1.807, 2.05) is 12.3 Å². The quantitative estimate of drug-likeness (QED) is 0.498. The highest BCUT2D eigenvalue weighted by Gasteiger charge is 2.29. The molecule has 1 aliphatic heterocycles. The molecule has 1 aliphatic carbocycles. The summed E-state index contributed by atoms with van der Waals surface area (Å²) in [4.78, 5) is 11.7. The van der Waals surface area contributed by atoms with E-state index in [1.54, 1.807) is 11.3 Å². The van der Waals surface area contributed by atoms with Crippen molar-refractivity contribution in [3.63, 3.8) is 0 Å². The van der Waals surface area contributed by atoms with Crippen LogP contribution in [0.5, 0.6) is 0 Å². The number of halogens is 1. The first-order chi connectivity index (χ1) is 10.2. The fourth-order valence-corrected chi connectivity index (χ4v) is 3.88. The van der Waals surface area contributed by atoms with Crippen LogP contribution in [-0.4, -0.2) is 28.4 Å². The highest BCUT2D eigenvalue weighted by atomic mass is 79.9. The summed E-state index contributed by atoms with van der Waals surface area (Å²) in [6.45, 7) is 3.79. The lowest BCUT2D eigenvalue weighted by atomic mass is 9.80. The average Bonchev–Trinajstić information content (AvgIpc) is 2.99. The zero-order valence-electron chi connectivity index (χ0n) is 11.9. The Hall–Kier alpha value is -1.40. The van der Waals surface area contributed by atoms with Gasteiger partial charge in [-0.2, -0.15) is 0 Å². The van der Waals surface area contributed by atoms with Crippen LogP contribution in [0.15, 0.2) is 27.9 Å². The van der Waals surface area contributed by atoms with Gasteiger partial charge in [0.15, 0.2) is 0 Å². The Labute approximate surface area is 133 Å². The van der Waals surface area contributed by atoms with Gasteiger partial charge in [-0.25, -0.2) is 10.8 Å². The number of nitrogens with zero attached hydrogens (tertiary/aromatic N) is 3. The lowest BCUT2D eigenvalue weighted by Gasteiger charge is -2.31. The number of nitrogens with one attached hydrogen (secondary N) is 1. The van der Waals surface area contributed by atoms with E-state index in [-0.39, 0.29) is 0 Å². The van der Waals surface area contributed by atoms with Gasteiger partial charge in [0, 0.05) is 23.0 Å². The second-order valence-electron chi connectivity index (χ2n) is 5.66. The van der Waals surface area contributed by atoms with Gasteiger partial charge in [0.05, 0.1) is 11.4 Å². The Morgan fingerprint density at radius 1 is 1.48 bits per heavy atom. The molecule has 1 aromatic rings. The number of rotatable bonds is 3. The second kappa shape index (κ2) is 6.15. The topological polar surface area (TPSA) is 69.8 Å². The molecule has 5 nitrogen and oxygen atoms in total. The van der Waals surface area contributed by atoms with E-state index >= 15 is 0 Å². The molecule has 1 saturated carbocycles. The minimum atomic E-state index is 0.424. The summed E-state index contributed by atoms with van der Waals surface area (Å²) in [5.41, 5.74) is 2.93. The van der Waals surface area contributed by atoms with Crippen LogP contribution >= 0.6 is 15.9 Å². The van der Waals surface area contributed by atoms with E-state index in [4.69, 9.17) is 5.84 Å². The Morgan fingerprint density at radius 2 is 2.24 bits per heavy atom. The molecule has 0 radical (unpaired) electrons. The number of nitrogens with two attached hydrogens (primary N) is 1. The third-order valence-electron chi connectivity index (χ3n) is 4.41. The Bertz CT molecular complexity index is 581. The lowest BCUT2D eigenvalue weighted by Crippen LogP contribution is -2.31.